The van der Waals surface area contributed by atoms with Gasteiger partial charge in [-0.1, -0.05) is 49.4 Å². The molecule has 2 N–H and O–H groups in total. The number of anilines is 2. The van der Waals surface area contributed by atoms with Gasteiger partial charge in [-0.15, -0.1) is 0 Å². The van der Waals surface area contributed by atoms with E-state index in [4.69, 9.17) is 0 Å². The van der Waals surface area contributed by atoms with E-state index in [1.54, 1.807) is 13.0 Å². The second kappa shape index (κ2) is 8.45. The number of hydrogen-bond donors (Lipinski definition) is 2. The fourth-order valence-electron chi connectivity index (χ4n) is 2.82. The summed E-state index contributed by atoms with van der Waals surface area (Å²) in [6.45, 7) is 5.86. The van der Waals surface area contributed by atoms with Crippen molar-refractivity contribution in [3.05, 3.63) is 83.3 Å². The summed E-state index contributed by atoms with van der Waals surface area (Å²) in [6.07, 6.45) is 0.997. The van der Waals surface area contributed by atoms with E-state index in [0.717, 1.165) is 17.7 Å². The minimum Gasteiger partial charge on any atom is -0.344 e. The van der Waals surface area contributed by atoms with Gasteiger partial charge in [0.2, 0.25) is 0 Å². The van der Waals surface area contributed by atoms with Crippen LogP contribution in [0.2, 0.25) is 0 Å². The molecule has 5 heteroatoms. The highest BCUT2D eigenvalue weighted by molar-refractivity contribution is 5.93. The van der Waals surface area contributed by atoms with Crippen LogP contribution in [0, 0.1) is 6.92 Å². The first-order valence-electron chi connectivity index (χ1n) is 9.12. The molecule has 0 bridgehead atoms. The molecule has 0 aliphatic heterocycles. The lowest BCUT2D eigenvalue weighted by molar-refractivity contribution is 0.0934. The standard InChI is InChI=1S/C22H24N4O/c1-4-17-10-12-19(13-11-17)26-21-14-20(24-16(3)25-21)22(27)23-15(2)18-8-6-5-7-9-18/h5-15H,4H2,1-3H3,(H,23,27)(H,24,25,26). The van der Waals surface area contributed by atoms with Crippen molar-refractivity contribution < 1.29 is 4.79 Å². The van der Waals surface area contributed by atoms with E-state index in [1.807, 2.05) is 49.4 Å². The van der Waals surface area contributed by atoms with E-state index in [0.29, 0.717) is 17.3 Å². The van der Waals surface area contributed by atoms with Crippen molar-refractivity contribution in [2.45, 2.75) is 33.2 Å². The molecule has 138 valence electrons. The number of nitrogens with one attached hydrogen (secondary N) is 2. The molecule has 0 aliphatic rings. The van der Waals surface area contributed by atoms with E-state index in [2.05, 4.69) is 39.7 Å². The van der Waals surface area contributed by atoms with Gasteiger partial charge < -0.3 is 10.6 Å². The molecule has 1 amide bonds. The Labute approximate surface area is 159 Å². The van der Waals surface area contributed by atoms with Gasteiger partial charge in [-0.05, 0) is 43.5 Å². The Morgan fingerprint density at radius 2 is 1.74 bits per heavy atom. The number of aromatic nitrogens is 2. The average Bonchev–Trinajstić information content (AvgIpc) is 2.68. The van der Waals surface area contributed by atoms with Crippen LogP contribution in [0.15, 0.2) is 60.7 Å². The Morgan fingerprint density at radius 3 is 2.41 bits per heavy atom. The highest BCUT2D eigenvalue weighted by atomic mass is 16.1. The molecule has 5 nitrogen and oxygen atoms in total. The fourth-order valence-corrected chi connectivity index (χ4v) is 2.82. The average molecular weight is 360 g/mol. The number of amides is 1. The van der Waals surface area contributed by atoms with Gasteiger partial charge in [0.15, 0.2) is 0 Å². The van der Waals surface area contributed by atoms with Crippen LogP contribution < -0.4 is 10.6 Å². The van der Waals surface area contributed by atoms with Gasteiger partial charge in [-0.2, -0.15) is 0 Å². The summed E-state index contributed by atoms with van der Waals surface area (Å²) in [7, 11) is 0. The molecular weight excluding hydrogens is 336 g/mol. The predicted molar refractivity (Wildman–Crippen MR) is 108 cm³/mol. The van der Waals surface area contributed by atoms with Crippen LogP contribution in [-0.2, 0) is 6.42 Å². The molecule has 0 radical (unpaired) electrons. The molecule has 3 rings (SSSR count). The Bertz CT molecular complexity index is 907. The molecule has 0 aliphatic carbocycles. The Morgan fingerprint density at radius 1 is 1.04 bits per heavy atom. The van der Waals surface area contributed by atoms with Crippen LogP contribution in [0.3, 0.4) is 0 Å². The summed E-state index contributed by atoms with van der Waals surface area (Å²) in [5.41, 5.74) is 3.59. The number of nitrogens with zero attached hydrogens (tertiary/aromatic N) is 2. The lowest BCUT2D eigenvalue weighted by Gasteiger charge is -2.15. The third kappa shape index (κ3) is 4.91. The molecule has 0 saturated heterocycles. The number of benzene rings is 2. The van der Waals surface area contributed by atoms with E-state index < -0.39 is 0 Å². The summed E-state index contributed by atoms with van der Waals surface area (Å²) in [6, 6.07) is 19.6. The zero-order valence-corrected chi connectivity index (χ0v) is 15.9. The highest BCUT2D eigenvalue weighted by Crippen LogP contribution is 2.17. The zero-order chi connectivity index (χ0) is 19.2. The summed E-state index contributed by atoms with van der Waals surface area (Å²) < 4.78 is 0. The van der Waals surface area contributed by atoms with Crippen molar-refractivity contribution in [2.24, 2.45) is 0 Å². The molecule has 1 atom stereocenters. The second-order valence-electron chi connectivity index (χ2n) is 6.47. The first-order chi connectivity index (χ1) is 13.0. The topological polar surface area (TPSA) is 66.9 Å². The first-order valence-corrected chi connectivity index (χ1v) is 9.12. The van der Waals surface area contributed by atoms with Crippen LogP contribution in [0.4, 0.5) is 11.5 Å². The van der Waals surface area contributed by atoms with Crippen molar-refractivity contribution in [3.8, 4) is 0 Å². The largest absolute Gasteiger partial charge is 0.344 e. The number of carbonyl (C=O) groups excluding carboxylic acids is 1. The van der Waals surface area contributed by atoms with Gasteiger partial charge in [0.1, 0.15) is 17.3 Å². The number of aryl methyl sites for hydroxylation is 2. The molecule has 1 unspecified atom stereocenters. The maximum absolute atomic E-state index is 12.6. The monoisotopic (exact) mass is 360 g/mol. The van der Waals surface area contributed by atoms with Gasteiger partial charge in [-0.3, -0.25) is 4.79 Å². The maximum atomic E-state index is 12.6. The molecule has 2 aromatic carbocycles. The Hall–Kier alpha value is -3.21. The van der Waals surface area contributed by atoms with Crippen molar-refractivity contribution in [1.82, 2.24) is 15.3 Å². The van der Waals surface area contributed by atoms with Gasteiger partial charge in [-0.25, -0.2) is 9.97 Å². The SMILES string of the molecule is CCc1ccc(Nc2cc(C(=O)NC(C)c3ccccc3)nc(C)n2)cc1. The molecule has 1 heterocycles. The van der Waals surface area contributed by atoms with Crippen molar-refractivity contribution in [3.63, 3.8) is 0 Å². The van der Waals surface area contributed by atoms with Crippen LogP contribution >= 0.6 is 0 Å². The van der Waals surface area contributed by atoms with E-state index in [1.165, 1.54) is 5.56 Å². The lowest BCUT2D eigenvalue weighted by Crippen LogP contribution is -2.27. The smallest absolute Gasteiger partial charge is 0.270 e. The zero-order valence-electron chi connectivity index (χ0n) is 15.9. The number of rotatable bonds is 6. The lowest BCUT2D eigenvalue weighted by atomic mass is 10.1. The van der Waals surface area contributed by atoms with Crippen molar-refractivity contribution in [1.29, 1.82) is 0 Å². The van der Waals surface area contributed by atoms with Crippen molar-refractivity contribution in [2.75, 3.05) is 5.32 Å². The number of hydrogen-bond acceptors (Lipinski definition) is 4. The molecule has 0 spiro atoms. The van der Waals surface area contributed by atoms with Gasteiger partial charge in [0, 0.05) is 11.8 Å². The minimum absolute atomic E-state index is 0.105. The summed E-state index contributed by atoms with van der Waals surface area (Å²) >= 11 is 0. The van der Waals surface area contributed by atoms with E-state index in [-0.39, 0.29) is 11.9 Å². The van der Waals surface area contributed by atoms with E-state index >= 15 is 0 Å². The molecule has 27 heavy (non-hydrogen) atoms. The fraction of sp³-hybridized carbons (Fsp3) is 0.227. The third-order valence-electron chi connectivity index (χ3n) is 4.35. The highest BCUT2D eigenvalue weighted by Gasteiger charge is 2.14. The summed E-state index contributed by atoms with van der Waals surface area (Å²) in [5.74, 6) is 0.924. The normalized spacial score (nSPS) is 11.7. The quantitative estimate of drug-likeness (QED) is 0.675. The molecule has 3 aromatic rings. The first kappa shape index (κ1) is 18.6. The van der Waals surface area contributed by atoms with Crippen LogP contribution in [-0.4, -0.2) is 15.9 Å². The summed E-state index contributed by atoms with van der Waals surface area (Å²) in [4.78, 5) is 21.3. The van der Waals surface area contributed by atoms with E-state index in [9.17, 15) is 4.79 Å². The van der Waals surface area contributed by atoms with Crippen LogP contribution in [0.1, 0.15) is 47.3 Å². The molecular formula is C22H24N4O. The third-order valence-corrected chi connectivity index (χ3v) is 4.35. The maximum Gasteiger partial charge on any atom is 0.270 e. The second-order valence-corrected chi connectivity index (χ2v) is 6.47. The predicted octanol–water partition coefficient (Wildman–Crippen LogP) is 4.58. The van der Waals surface area contributed by atoms with Gasteiger partial charge >= 0.3 is 0 Å². The molecule has 0 saturated carbocycles. The minimum atomic E-state index is -0.221. The van der Waals surface area contributed by atoms with Crippen LogP contribution in [0.25, 0.3) is 0 Å². The summed E-state index contributed by atoms with van der Waals surface area (Å²) in [5, 5.41) is 6.23. The molecule has 0 fully saturated rings. The Kier molecular flexibility index (Phi) is 5.81. The van der Waals surface area contributed by atoms with Crippen LogP contribution in [0.5, 0.6) is 0 Å². The van der Waals surface area contributed by atoms with Gasteiger partial charge in [0.05, 0.1) is 6.04 Å². The van der Waals surface area contributed by atoms with Gasteiger partial charge in [0.25, 0.3) is 5.91 Å². The number of carbonyl (C=O) groups is 1. The van der Waals surface area contributed by atoms with Crippen molar-refractivity contribution >= 4 is 17.4 Å². The molecule has 1 aromatic heterocycles. The Balaban J connectivity index is 1.74.